The van der Waals surface area contributed by atoms with Gasteiger partial charge in [0.25, 0.3) is 5.69 Å². The second kappa shape index (κ2) is 8.21. The van der Waals surface area contributed by atoms with Crippen LogP contribution >= 0.6 is 0 Å². The number of hydrogen-bond acceptors (Lipinski definition) is 7. The Morgan fingerprint density at radius 1 is 1.00 bits per heavy atom. The van der Waals surface area contributed by atoms with E-state index in [1.54, 1.807) is 24.3 Å². The van der Waals surface area contributed by atoms with Crippen molar-refractivity contribution in [2.75, 3.05) is 39.4 Å². The Labute approximate surface area is 175 Å². The van der Waals surface area contributed by atoms with E-state index in [1.165, 1.54) is 16.4 Å². The zero-order valence-corrected chi connectivity index (χ0v) is 17.4. The number of piperazine rings is 1. The summed E-state index contributed by atoms with van der Waals surface area (Å²) in [4.78, 5) is 12.9. The van der Waals surface area contributed by atoms with E-state index in [0.717, 1.165) is 5.56 Å². The maximum Gasteiger partial charge on any atom is 0.269 e. The molecule has 30 heavy (non-hydrogen) atoms. The number of rotatable bonds is 5. The SMILES string of the molecule is CC(c1cccc([N+](=O)[O-])c1)N1CCN(S(=O)(=O)c2ccc3c(c2)OCCO3)CC1. The minimum Gasteiger partial charge on any atom is -0.486 e. The van der Waals surface area contributed by atoms with E-state index in [0.29, 0.717) is 50.9 Å². The zero-order chi connectivity index (χ0) is 21.3. The molecule has 0 bridgehead atoms. The van der Waals surface area contributed by atoms with Gasteiger partial charge in [0, 0.05) is 50.4 Å². The summed E-state index contributed by atoms with van der Waals surface area (Å²) in [6.45, 7) is 4.58. The lowest BCUT2D eigenvalue weighted by Gasteiger charge is -2.37. The Kier molecular flexibility index (Phi) is 5.63. The fraction of sp³-hybridized carbons (Fsp3) is 0.400. The van der Waals surface area contributed by atoms with Crippen LogP contribution in [0, 0.1) is 10.1 Å². The highest BCUT2D eigenvalue weighted by Gasteiger charge is 2.31. The third kappa shape index (κ3) is 3.98. The Bertz CT molecular complexity index is 1050. The van der Waals surface area contributed by atoms with Crippen LogP contribution in [0.5, 0.6) is 11.5 Å². The van der Waals surface area contributed by atoms with Crippen LogP contribution in [0.4, 0.5) is 5.69 Å². The summed E-state index contributed by atoms with van der Waals surface area (Å²) in [6.07, 6.45) is 0. The topological polar surface area (TPSA) is 102 Å². The van der Waals surface area contributed by atoms with Crippen molar-refractivity contribution in [2.24, 2.45) is 0 Å². The molecule has 2 aliphatic heterocycles. The Morgan fingerprint density at radius 3 is 2.40 bits per heavy atom. The molecule has 2 aromatic carbocycles. The van der Waals surface area contributed by atoms with Crippen LogP contribution in [0.15, 0.2) is 47.4 Å². The van der Waals surface area contributed by atoms with E-state index < -0.39 is 14.9 Å². The summed E-state index contributed by atoms with van der Waals surface area (Å²) in [5.74, 6) is 0.996. The van der Waals surface area contributed by atoms with Crippen LogP contribution < -0.4 is 9.47 Å². The van der Waals surface area contributed by atoms with E-state index in [2.05, 4.69) is 4.90 Å². The summed E-state index contributed by atoms with van der Waals surface area (Å²) < 4.78 is 38.6. The number of sulfonamides is 1. The van der Waals surface area contributed by atoms with Crippen molar-refractivity contribution >= 4 is 15.7 Å². The lowest BCUT2D eigenvalue weighted by molar-refractivity contribution is -0.385. The molecule has 1 unspecified atom stereocenters. The van der Waals surface area contributed by atoms with Crippen LogP contribution in [0.25, 0.3) is 0 Å². The van der Waals surface area contributed by atoms with Gasteiger partial charge in [0.15, 0.2) is 11.5 Å². The largest absolute Gasteiger partial charge is 0.486 e. The molecule has 4 rings (SSSR count). The van der Waals surface area contributed by atoms with Crippen molar-refractivity contribution in [2.45, 2.75) is 17.9 Å². The van der Waals surface area contributed by atoms with E-state index in [4.69, 9.17) is 9.47 Å². The quantitative estimate of drug-likeness (QED) is 0.527. The van der Waals surface area contributed by atoms with Crippen LogP contribution in [0.3, 0.4) is 0 Å². The first-order valence-electron chi connectivity index (χ1n) is 9.74. The summed E-state index contributed by atoms with van der Waals surface area (Å²) in [6, 6.07) is 11.2. The van der Waals surface area contributed by atoms with Gasteiger partial charge >= 0.3 is 0 Å². The number of hydrogen-bond donors (Lipinski definition) is 0. The smallest absolute Gasteiger partial charge is 0.269 e. The number of ether oxygens (including phenoxy) is 2. The van der Waals surface area contributed by atoms with Gasteiger partial charge in [-0.05, 0) is 24.6 Å². The van der Waals surface area contributed by atoms with Crippen molar-refractivity contribution in [1.82, 2.24) is 9.21 Å². The molecular formula is C20H23N3O6S. The maximum absolute atomic E-state index is 13.1. The third-order valence-electron chi connectivity index (χ3n) is 5.54. The first-order chi connectivity index (χ1) is 14.4. The predicted molar refractivity (Wildman–Crippen MR) is 109 cm³/mol. The van der Waals surface area contributed by atoms with Gasteiger partial charge in [-0.3, -0.25) is 15.0 Å². The number of nitro groups is 1. The van der Waals surface area contributed by atoms with E-state index >= 15 is 0 Å². The van der Waals surface area contributed by atoms with Gasteiger partial charge in [-0.1, -0.05) is 12.1 Å². The lowest BCUT2D eigenvalue weighted by Crippen LogP contribution is -2.49. The first kappa shape index (κ1) is 20.6. The molecule has 9 nitrogen and oxygen atoms in total. The molecule has 1 saturated heterocycles. The molecule has 1 atom stereocenters. The van der Waals surface area contributed by atoms with Gasteiger partial charge in [-0.25, -0.2) is 8.42 Å². The van der Waals surface area contributed by atoms with Crippen molar-refractivity contribution in [1.29, 1.82) is 0 Å². The fourth-order valence-corrected chi connectivity index (χ4v) is 5.21. The average Bonchev–Trinajstić information content (AvgIpc) is 2.78. The standard InChI is InChI=1S/C20H23N3O6S/c1-15(16-3-2-4-17(13-16)23(24)25)21-7-9-22(10-8-21)30(26,27)18-5-6-19-20(14-18)29-12-11-28-19/h2-6,13-15H,7-12H2,1H3. The minimum absolute atomic E-state index is 0.0518. The van der Waals surface area contributed by atoms with Crippen molar-refractivity contribution < 1.29 is 22.8 Å². The van der Waals surface area contributed by atoms with Gasteiger partial charge in [-0.15, -0.1) is 0 Å². The number of benzene rings is 2. The lowest BCUT2D eigenvalue weighted by atomic mass is 10.1. The maximum atomic E-state index is 13.1. The van der Waals surface area contributed by atoms with E-state index in [1.807, 2.05) is 13.0 Å². The van der Waals surface area contributed by atoms with Crippen LogP contribution in [-0.2, 0) is 10.0 Å². The molecule has 0 radical (unpaired) electrons. The van der Waals surface area contributed by atoms with E-state index in [-0.39, 0.29) is 16.6 Å². The van der Waals surface area contributed by atoms with Gasteiger partial charge in [0.2, 0.25) is 10.0 Å². The third-order valence-corrected chi connectivity index (χ3v) is 7.43. The van der Waals surface area contributed by atoms with Crippen LogP contribution in [-0.4, -0.2) is 61.9 Å². The molecule has 160 valence electrons. The van der Waals surface area contributed by atoms with Gasteiger partial charge in [0.1, 0.15) is 13.2 Å². The highest BCUT2D eigenvalue weighted by Crippen LogP contribution is 2.33. The molecule has 1 fully saturated rings. The second-order valence-corrected chi connectivity index (χ2v) is 9.21. The minimum atomic E-state index is -3.65. The number of nitrogens with zero attached hydrogens (tertiary/aromatic N) is 3. The van der Waals surface area contributed by atoms with Crippen molar-refractivity contribution in [3.8, 4) is 11.5 Å². The summed E-state index contributed by atoms with van der Waals surface area (Å²) in [7, 11) is -3.65. The molecule has 0 amide bonds. The molecule has 0 aromatic heterocycles. The fourth-order valence-electron chi connectivity index (χ4n) is 3.77. The number of nitro benzene ring substituents is 1. The molecule has 2 aliphatic rings. The molecule has 0 saturated carbocycles. The number of non-ortho nitro benzene ring substituents is 1. The molecule has 0 N–H and O–H groups in total. The highest BCUT2D eigenvalue weighted by molar-refractivity contribution is 7.89. The zero-order valence-electron chi connectivity index (χ0n) is 16.6. The van der Waals surface area contributed by atoms with Gasteiger partial charge in [-0.2, -0.15) is 4.31 Å². The summed E-state index contributed by atoms with van der Waals surface area (Å²) in [5.41, 5.74) is 0.895. The van der Waals surface area contributed by atoms with Crippen LogP contribution in [0.1, 0.15) is 18.5 Å². The van der Waals surface area contributed by atoms with Crippen LogP contribution in [0.2, 0.25) is 0 Å². The van der Waals surface area contributed by atoms with Gasteiger partial charge < -0.3 is 9.47 Å². The highest BCUT2D eigenvalue weighted by atomic mass is 32.2. The second-order valence-electron chi connectivity index (χ2n) is 7.27. The van der Waals surface area contributed by atoms with Crippen molar-refractivity contribution in [3.63, 3.8) is 0 Å². The Morgan fingerprint density at radius 2 is 1.70 bits per heavy atom. The molecule has 2 aromatic rings. The molecule has 0 aliphatic carbocycles. The summed E-state index contributed by atoms with van der Waals surface area (Å²) in [5, 5.41) is 11.0. The molecule has 0 spiro atoms. The molecule has 10 heteroatoms. The predicted octanol–water partition coefficient (Wildman–Crippen LogP) is 2.43. The summed E-state index contributed by atoms with van der Waals surface area (Å²) >= 11 is 0. The van der Waals surface area contributed by atoms with Crippen molar-refractivity contribution in [3.05, 3.63) is 58.1 Å². The first-order valence-corrected chi connectivity index (χ1v) is 11.2. The normalized spacial score (nSPS) is 18.7. The van der Waals surface area contributed by atoms with Gasteiger partial charge in [0.05, 0.1) is 9.82 Å². The Hall–Kier alpha value is -2.69. The Balaban J connectivity index is 1.45. The average molecular weight is 433 g/mol. The monoisotopic (exact) mass is 433 g/mol. The number of fused-ring (bicyclic) bond motifs is 1. The molecule has 2 heterocycles. The molecular weight excluding hydrogens is 410 g/mol. The van der Waals surface area contributed by atoms with E-state index in [9.17, 15) is 18.5 Å².